The summed E-state index contributed by atoms with van der Waals surface area (Å²) in [5.74, 6) is 1.20. The molecule has 2 aromatic carbocycles. The normalized spacial score (nSPS) is 14.7. The summed E-state index contributed by atoms with van der Waals surface area (Å²) >= 11 is 11.9. The van der Waals surface area contributed by atoms with Crippen molar-refractivity contribution in [3.8, 4) is 5.75 Å². The molecule has 0 radical (unpaired) electrons. The average molecular weight is 407 g/mol. The van der Waals surface area contributed by atoms with Crippen LogP contribution in [0.1, 0.15) is 18.1 Å². The number of amides is 1. The van der Waals surface area contributed by atoms with Crippen molar-refractivity contribution in [3.63, 3.8) is 0 Å². The number of rotatable bonds is 7. The van der Waals surface area contributed by atoms with Gasteiger partial charge in [0.25, 0.3) is 0 Å². The highest BCUT2D eigenvalue weighted by Gasteiger charge is 2.33. The summed E-state index contributed by atoms with van der Waals surface area (Å²) in [5.41, 5.74) is 2.19. The molecule has 144 valence electrons. The average Bonchev–Trinajstić information content (AvgIpc) is 2.65. The Morgan fingerprint density at radius 1 is 1.11 bits per heavy atom. The van der Waals surface area contributed by atoms with Crippen LogP contribution in [-0.2, 0) is 17.9 Å². The van der Waals surface area contributed by atoms with Gasteiger partial charge in [-0.1, -0.05) is 41.4 Å². The Hall–Kier alpha value is -1.75. The second-order valence-corrected chi connectivity index (χ2v) is 7.74. The third-order valence-electron chi connectivity index (χ3n) is 4.88. The van der Waals surface area contributed by atoms with E-state index in [2.05, 4.69) is 17.0 Å². The zero-order chi connectivity index (χ0) is 19.4. The van der Waals surface area contributed by atoms with Gasteiger partial charge >= 0.3 is 0 Å². The molecular weight excluding hydrogens is 383 g/mol. The fourth-order valence-electron chi connectivity index (χ4n) is 3.07. The van der Waals surface area contributed by atoms with Gasteiger partial charge in [0, 0.05) is 33.2 Å². The number of hydrogen-bond donors (Lipinski definition) is 0. The maximum absolute atomic E-state index is 12.1. The maximum atomic E-state index is 12.1. The lowest BCUT2D eigenvalue weighted by molar-refractivity contribution is -0.139. The molecule has 4 nitrogen and oxygen atoms in total. The summed E-state index contributed by atoms with van der Waals surface area (Å²) in [4.78, 5) is 16.2. The third-order valence-corrected chi connectivity index (χ3v) is 5.62. The van der Waals surface area contributed by atoms with Crippen LogP contribution in [0, 0.1) is 5.92 Å². The van der Waals surface area contributed by atoms with E-state index in [-0.39, 0.29) is 11.8 Å². The summed E-state index contributed by atoms with van der Waals surface area (Å²) in [5, 5.41) is 1.07. The van der Waals surface area contributed by atoms with Gasteiger partial charge in [-0.25, -0.2) is 0 Å². The van der Waals surface area contributed by atoms with Crippen LogP contribution < -0.4 is 4.74 Å². The van der Waals surface area contributed by atoms with Crippen molar-refractivity contribution in [2.24, 2.45) is 5.92 Å². The van der Waals surface area contributed by atoms with Crippen LogP contribution in [0.4, 0.5) is 0 Å². The van der Waals surface area contributed by atoms with Gasteiger partial charge in [0.05, 0.1) is 16.0 Å². The van der Waals surface area contributed by atoms with Crippen LogP contribution in [0.2, 0.25) is 10.0 Å². The molecule has 1 aliphatic rings. The van der Waals surface area contributed by atoms with Gasteiger partial charge in [0.1, 0.15) is 12.4 Å². The summed E-state index contributed by atoms with van der Waals surface area (Å²) < 4.78 is 5.81. The number of carbonyl (C=O) groups is 1. The van der Waals surface area contributed by atoms with Crippen molar-refractivity contribution >= 4 is 29.1 Å². The van der Waals surface area contributed by atoms with E-state index in [4.69, 9.17) is 27.9 Å². The first-order valence-corrected chi connectivity index (χ1v) is 9.85. The molecule has 0 aromatic heterocycles. The number of benzene rings is 2. The number of nitrogens with zero attached hydrogens (tertiary/aromatic N) is 2. The van der Waals surface area contributed by atoms with Gasteiger partial charge in [-0.3, -0.25) is 9.69 Å². The zero-order valence-corrected chi connectivity index (χ0v) is 17.1. The Morgan fingerprint density at radius 3 is 2.41 bits per heavy atom. The van der Waals surface area contributed by atoms with Crippen molar-refractivity contribution in [3.05, 3.63) is 63.6 Å². The molecule has 1 saturated heterocycles. The van der Waals surface area contributed by atoms with Gasteiger partial charge in [-0.15, -0.1) is 0 Å². The van der Waals surface area contributed by atoms with E-state index in [1.807, 2.05) is 38.2 Å². The number of carbonyl (C=O) groups excluding carboxylic acids is 1. The number of likely N-dealkylation sites (tertiary alicyclic amines) is 1. The quantitative estimate of drug-likeness (QED) is 0.679. The number of ether oxygens (including phenoxy) is 1. The molecule has 3 rings (SSSR count). The molecule has 0 N–H and O–H groups in total. The van der Waals surface area contributed by atoms with E-state index in [0.717, 1.165) is 37.5 Å². The first-order chi connectivity index (χ1) is 13.0. The van der Waals surface area contributed by atoms with E-state index in [9.17, 15) is 4.79 Å². The monoisotopic (exact) mass is 406 g/mol. The minimum absolute atomic E-state index is 0.142. The lowest BCUT2D eigenvalue weighted by Gasteiger charge is -2.39. The fourth-order valence-corrected chi connectivity index (χ4v) is 3.39. The molecule has 1 heterocycles. The molecule has 1 fully saturated rings. The van der Waals surface area contributed by atoms with E-state index in [0.29, 0.717) is 16.7 Å². The summed E-state index contributed by atoms with van der Waals surface area (Å²) in [6.45, 7) is 5.72. The van der Waals surface area contributed by atoms with Crippen LogP contribution in [0.25, 0.3) is 0 Å². The van der Waals surface area contributed by atoms with Crippen molar-refractivity contribution < 1.29 is 9.53 Å². The second kappa shape index (κ2) is 8.96. The summed E-state index contributed by atoms with van der Waals surface area (Å²) in [7, 11) is 1.86. The standard InChI is InChI=1S/C21H24Cl2N2O2/c1-3-24(2)21(26)17-12-25(13-17)11-15-4-7-18(8-5-15)27-14-16-6-9-19(22)20(23)10-16/h4-10,17H,3,11-14H2,1-2H3. The molecule has 1 aliphatic heterocycles. The van der Waals surface area contributed by atoms with Crippen molar-refractivity contribution in [1.29, 1.82) is 0 Å². The van der Waals surface area contributed by atoms with Gasteiger partial charge in [0.15, 0.2) is 0 Å². The van der Waals surface area contributed by atoms with Gasteiger partial charge in [-0.05, 0) is 42.3 Å². The zero-order valence-electron chi connectivity index (χ0n) is 15.6. The van der Waals surface area contributed by atoms with E-state index in [1.54, 1.807) is 11.0 Å². The van der Waals surface area contributed by atoms with E-state index in [1.165, 1.54) is 5.56 Å². The van der Waals surface area contributed by atoms with Crippen LogP contribution >= 0.6 is 23.2 Å². The van der Waals surface area contributed by atoms with Crippen molar-refractivity contribution in [2.75, 3.05) is 26.7 Å². The van der Waals surface area contributed by atoms with Crippen molar-refractivity contribution in [2.45, 2.75) is 20.1 Å². The molecule has 0 saturated carbocycles. The highest BCUT2D eigenvalue weighted by molar-refractivity contribution is 6.42. The smallest absolute Gasteiger partial charge is 0.228 e. The van der Waals surface area contributed by atoms with Crippen molar-refractivity contribution in [1.82, 2.24) is 9.80 Å². The molecule has 1 amide bonds. The first-order valence-electron chi connectivity index (χ1n) is 9.09. The van der Waals surface area contributed by atoms with Crippen LogP contribution in [0.3, 0.4) is 0 Å². The lowest BCUT2D eigenvalue weighted by Crippen LogP contribution is -2.53. The Morgan fingerprint density at radius 2 is 1.78 bits per heavy atom. The molecule has 6 heteroatoms. The molecule has 0 spiro atoms. The SMILES string of the molecule is CCN(C)C(=O)C1CN(Cc2ccc(OCc3ccc(Cl)c(Cl)c3)cc2)C1. The van der Waals surface area contributed by atoms with Gasteiger partial charge < -0.3 is 9.64 Å². The highest BCUT2D eigenvalue weighted by atomic mass is 35.5. The molecular formula is C21H24Cl2N2O2. The summed E-state index contributed by atoms with van der Waals surface area (Å²) in [6, 6.07) is 13.6. The van der Waals surface area contributed by atoms with Crippen LogP contribution in [-0.4, -0.2) is 42.4 Å². The Kier molecular flexibility index (Phi) is 6.64. The summed E-state index contributed by atoms with van der Waals surface area (Å²) in [6.07, 6.45) is 0. The van der Waals surface area contributed by atoms with Crippen LogP contribution in [0.5, 0.6) is 5.75 Å². The Balaban J connectivity index is 1.45. The topological polar surface area (TPSA) is 32.8 Å². The first kappa shape index (κ1) is 20.0. The van der Waals surface area contributed by atoms with Gasteiger partial charge in [-0.2, -0.15) is 0 Å². The fraction of sp³-hybridized carbons (Fsp3) is 0.381. The maximum Gasteiger partial charge on any atom is 0.228 e. The predicted molar refractivity (Wildman–Crippen MR) is 109 cm³/mol. The lowest BCUT2D eigenvalue weighted by atomic mass is 9.97. The largest absolute Gasteiger partial charge is 0.489 e. The highest BCUT2D eigenvalue weighted by Crippen LogP contribution is 2.24. The van der Waals surface area contributed by atoms with E-state index >= 15 is 0 Å². The minimum atomic E-state index is 0.142. The molecule has 0 atom stereocenters. The molecule has 27 heavy (non-hydrogen) atoms. The number of halogens is 2. The minimum Gasteiger partial charge on any atom is -0.489 e. The van der Waals surface area contributed by atoms with E-state index < -0.39 is 0 Å². The number of hydrogen-bond acceptors (Lipinski definition) is 3. The molecule has 0 aliphatic carbocycles. The Bertz CT molecular complexity index is 789. The predicted octanol–water partition coefficient (Wildman–Crippen LogP) is 4.48. The second-order valence-electron chi connectivity index (χ2n) is 6.92. The van der Waals surface area contributed by atoms with Crippen LogP contribution in [0.15, 0.2) is 42.5 Å². The molecule has 0 unspecified atom stereocenters. The molecule has 2 aromatic rings. The Labute approximate surface area is 170 Å². The third kappa shape index (κ3) is 5.16. The van der Waals surface area contributed by atoms with Gasteiger partial charge in [0.2, 0.25) is 5.91 Å². The molecule has 0 bridgehead atoms.